The highest BCUT2D eigenvalue weighted by Crippen LogP contribution is 2.21. The third-order valence-corrected chi connectivity index (χ3v) is 4.12. The molecule has 0 aromatic heterocycles. The Morgan fingerprint density at radius 3 is 2.42 bits per heavy atom. The number of nitrogens with two attached hydrogens (primary N) is 1. The number of hydrogen-bond acceptors (Lipinski definition) is 3. The molecule has 5 heteroatoms. The van der Waals surface area contributed by atoms with Crippen LogP contribution in [-0.2, 0) is 4.79 Å². The summed E-state index contributed by atoms with van der Waals surface area (Å²) < 4.78 is 0. The first-order valence-electron chi connectivity index (χ1n) is 7.30. The molecule has 2 N–H and O–H groups in total. The molecule has 2 fully saturated rings. The predicted octanol–water partition coefficient (Wildman–Crippen LogP) is 1.34. The quantitative estimate of drug-likeness (QED) is 0.834. The molecule has 2 heterocycles. The third kappa shape index (κ3) is 4.93. The molecule has 0 bridgehead atoms. The average Bonchev–Trinajstić information content (AvgIpc) is 2.27. The van der Waals surface area contributed by atoms with E-state index in [9.17, 15) is 4.79 Å². The Morgan fingerprint density at radius 1 is 1.21 bits per heavy atom. The molecule has 0 aromatic rings. The van der Waals surface area contributed by atoms with E-state index in [1.54, 1.807) is 0 Å². The van der Waals surface area contributed by atoms with Crippen LogP contribution in [0.25, 0.3) is 0 Å². The van der Waals surface area contributed by atoms with E-state index < -0.39 is 0 Å². The van der Waals surface area contributed by atoms with Crippen LogP contribution in [0.15, 0.2) is 0 Å². The lowest BCUT2D eigenvalue weighted by molar-refractivity contribution is -0.135. The van der Waals surface area contributed by atoms with E-state index in [-0.39, 0.29) is 18.4 Å². The Balaban J connectivity index is 0.00000180. The van der Waals surface area contributed by atoms with Gasteiger partial charge in [0, 0.05) is 25.7 Å². The van der Waals surface area contributed by atoms with Crippen LogP contribution < -0.4 is 5.73 Å². The second kappa shape index (κ2) is 7.46. The Bertz CT molecular complexity index is 290. The highest BCUT2D eigenvalue weighted by molar-refractivity contribution is 5.85. The van der Waals surface area contributed by atoms with Crippen LogP contribution in [0.2, 0.25) is 0 Å². The van der Waals surface area contributed by atoms with Gasteiger partial charge in [-0.1, -0.05) is 13.8 Å². The minimum absolute atomic E-state index is 0. The molecule has 3 unspecified atom stereocenters. The van der Waals surface area contributed by atoms with E-state index in [0.29, 0.717) is 24.3 Å². The van der Waals surface area contributed by atoms with Crippen molar-refractivity contribution in [1.29, 1.82) is 0 Å². The van der Waals surface area contributed by atoms with Crippen LogP contribution >= 0.6 is 12.4 Å². The van der Waals surface area contributed by atoms with Crippen molar-refractivity contribution in [2.24, 2.45) is 17.6 Å². The molecule has 2 aliphatic heterocycles. The monoisotopic (exact) mass is 289 g/mol. The maximum atomic E-state index is 12.3. The Morgan fingerprint density at radius 2 is 1.84 bits per heavy atom. The molecule has 2 saturated heterocycles. The summed E-state index contributed by atoms with van der Waals surface area (Å²) in [6.45, 7) is 8.82. The molecule has 3 atom stereocenters. The van der Waals surface area contributed by atoms with Crippen molar-refractivity contribution in [3.8, 4) is 0 Å². The van der Waals surface area contributed by atoms with E-state index >= 15 is 0 Å². The van der Waals surface area contributed by atoms with Gasteiger partial charge in [0.2, 0.25) is 5.91 Å². The van der Waals surface area contributed by atoms with Crippen molar-refractivity contribution in [2.45, 2.75) is 39.2 Å². The Kier molecular flexibility index (Phi) is 6.57. The predicted molar refractivity (Wildman–Crippen MR) is 80.4 cm³/mol. The summed E-state index contributed by atoms with van der Waals surface area (Å²) in [7, 11) is 0. The SMILES string of the molecule is CC1CC(C)CN(C(=O)CN2CCCC(N)C2)C1.Cl. The number of carbonyl (C=O) groups is 1. The fourth-order valence-corrected chi connectivity index (χ4v) is 3.39. The molecular weight excluding hydrogens is 262 g/mol. The second-order valence-electron chi connectivity index (χ2n) is 6.38. The van der Waals surface area contributed by atoms with Gasteiger partial charge < -0.3 is 10.6 Å². The maximum absolute atomic E-state index is 12.3. The molecule has 4 nitrogen and oxygen atoms in total. The van der Waals surface area contributed by atoms with Crippen molar-refractivity contribution in [3.63, 3.8) is 0 Å². The van der Waals surface area contributed by atoms with Crippen LogP contribution in [-0.4, -0.2) is 54.5 Å². The zero-order valence-corrected chi connectivity index (χ0v) is 13.0. The van der Waals surface area contributed by atoms with E-state index in [0.717, 1.165) is 39.0 Å². The highest BCUT2D eigenvalue weighted by Gasteiger charge is 2.27. The van der Waals surface area contributed by atoms with Gasteiger partial charge in [-0.25, -0.2) is 0 Å². The molecule has 0 aromatic carbocycles. The fraction of sp³-hybridized carbons (Fsp3) is 0.929. The number of hydrogen-bond donors (Lipinski definition) is 1. The van der Waals surface area contributed by atoms with Gasteiger partial charge in [0.1, 0.15) is 0 Å². The smallest absolute Gasteiger partial charge is 0.236 e. The Hall–Kier alpha value is -0.320. The summed E-state index contributed by atoms with van der Waals surface area (Å²) in [5, 5.41) is 0. The molecule has 19 heavy (non-hydrogen) atoms. The topological polar surface area (TPSA) is 49.6 Å². The van der Waals surface area contributed by atoms with Gasteiger partial charge in [-0.15, -0.1) is 12.4 Å². The van der Waals surface area contributed by atoms with Crippen molar-refractivity contribution < 1.29 is 4.79 Å². The largest absolute Gasteiger partial charge is 0.341 e. The summed E-state index contributed by atoms with van der Waals surface area (Å²) in [5.74, 6) is 1.57. The summed E-state index contributed by atoms with van der Waals surface area (Å²) in [4.78, 5) is 16.6. The molecular formula is C14H28ClN3O. The zero-order valence-electron chi connectivity index (χ0n) is 12.2. The van der Waals surface area contributed by atoms with Crippen molar-refractivity contribution in [2.75, 3.05) is 32.7 Å². The molecule has 1 amide bonds. The molecule has 2 rings (SSSR count). The van der Waals surface area contributed by atoms with Crippen molar-refractivity contribution >= 4 is 18.3 Å². The minimum atomic E-state index is 0. The van der Waals surface area contributed by atoms with Crippen LogP contribution in [0.1, 0.15) is 33.1 Å². The number of piperidine rings is 2. The zero-order chi connectivity index (χ0) is 13.1. The minimum Gasteiger partial charge on any atom is -0.341 e. The van der Waals surface area contributed by atoms with E-state index in [2.05, 4.69) is 23.6 Å². The van der Waals surface area contributed by atoms with E-state index in [4.69, 9.17) is 5.73 Å². The molecule has 0 radical (unpaired) electrons. The van der Waals surface area contributed by atoms with E-state index in [1.807, 2.05) is 0 Å². The summed E-state index contributed by atoms with van der Waals surface area (Å²) in [5.41, 5.74) is 5.96. The van der Waals surface area contributed by atoms with Gasteiger partial charge >= 0.3 is 0 Å². The molecule has 0 saturated carbocycles. The maximum Gasteiger partial charge on any atom is 0.236 e. The fourth-order valence-electron chi connectivity index (χ4n) is 3.39. The second-order valence-corrected chi connectivity index (χ2v) is 6.38. The van der Waals surface area contributed by atoms with Gasteiger partial charge in [-0.05, 0) is 37.6 Å². The van der Waals surface area contributed by atoms with Crippen LogP contribution in [0.3, 0.4) is 0 Å². The van der Waals surface area contributed by atoms with Gasteiger partial charge in [0.25, 0.3) is 0 Å². The summed E-state index contributed by atoms with van der Waals surface area (Å²) >= 11 is 0. The molecule has 0 spiro atoms. The summed E-state index contributed by atoms with van der Waals surface area (Å²) in [6.07, 6.45) is 3.47. The third-order valence-electron chi connectivity index (χ3n) is 4.12. The Labute approximate surface area is 123 Å². The van der Waals surface area contributed by atoms with Crippen LogP contribution in [0.5, 0.6) is 0 Å². The molecule has 0 aliphatic carbocycles. The van der Waals surface area contributed by atoms with Gasteiger partial charge in [0.15, 0.2) is 0 Å². The first-order chi connectivity index (χ1) is 8.54. The average molecular weight is 290 g/mol. The number of likely N-dealkylation sites (tertiary alicyclic amines) is 2. The number of nitrogens with zero attached hydrogens (tertiary/aromatic N) is 2. The van der Waals surface area contributed by atoms with Gasteiger partial charge in [-0.2, -0.15) is 0 Å². The van der Waals surface area contributed by atoms with Crippen LogP contribution in [0.4, 0.5) is 0 Å². The summed E-state index contributed by atoms with van der Waals surface area (Å²) in [6, 6.07) is 0.255. The normalized spacial score (nSPS) is 32.8. The molecule has 112 valence electrons. The number of rotatable bonds is 2. The van der Waals surface area contributed by atoms with Gasteiger partial charge in [-0.3, -0.25) is 9.69 Å². The first-order valence-corrected chi connectivity index (χ1v) is 7.30. The number of amides is 1. The number of carbonyl (C=O) groups excluding carboxylic acids is 1. The lowest BCUT2D eigenvalue weighted by Gasteiger charge is -2.37. The lowest BCUT2D eigenvalue weighted by Crippen LogP contribution is -2.50. The standard InChI is InChI=1S/C14H27N3O.ClH/c1-11-6-12(2)8-17(7-11)14(18)10-16-5-3-4-13(15)9-16;/h11-13H,3-10,15H2,1-2H3;1H. The lowest BCUT2D eigenvalue weighted by atomic mass is 9.92. The van der Waals surface area contributed by atoms with Crippen molar-refractivity contribution in [1.82, 2.24) is 9.80 Å². The van der Waals surface area contributed by atoms with Crippen molar-refractivity contribution in [3.05, 3.63) is 0 Å². The van der Waals surface area contributed by atoms with E-state index in [1.165, 1.54) is 6.42 Å². The highest BCUT2D eigenvalue weighted by atomic mass is 35.5. The van der Waals surface area contributed by atoms with Crippen LogP contribution in [0, 0.1) is 11.8 Å². The number of halogens is 1. The van der Waals surface area contributed by atoms with Gasteiger partial charge in [0.05, 0.1) is 6.54 Å². The molecule has 2 aliphatic rings. The first kappa shape index (κ1) is 16.7.